The van der Waals surface area contributed by atoms with Crippen molar-refractivity contribution in [1.29, 1.82) is 0 Å². The van der Waals surface area contributed by atoms with Crippen LogP contribution in [0.4, 0.5) is 5.69 Å². The topological polar surface area (TPSA) is 103 Å². The van der Waals surface area contributed by atoms with Crippen molar-refractivity contribution in [3.8, 4) is 0 Å². The van der Waals surface area contributed by atoms with E-state index in [1.54, 1.807) is 32.3 Å². The number of hydrogen-bond acceptors (Lipinski definition) is 5. The molecule has 1 amide bonds. The molecule has 0 atom stereocenters. The van der Waals surface area contributed by atoms with E-state index in [2.05, 4.69) is 5.32 Å². The number of hydrogen-bond donors (Lipinski definition) is 1. The highest BCUT2D eigenvalue weighted by molar-refractivity contribution is 7.89. The van der Waals surface area contributed by atoms with Crippen LogP contribution in [0.1, 0.15) is 10.4 Å². The summed E-state index contributed by atoms with van der Waals surface area (Å²) in [5.74, 6) is -0.552. The smallest absolute Gasteiger partial charge is 0.328 e. The van der Waals surface area contributed by atoms with Gasteiger partial charge in [0.05, 0.1) is 39.7 Å². The third kappa shape index (κ3) is 3.87. The average molecular weight is 465 g/mol. The Hall–Kier alpha value is -2.66. The Labute approximate surface area is 183 Å². The van der Waals surface area contributed by atoms with Crippen LogP contribution in [0, 0.1) is 0 Å². The van der Waals surface area contributed by atoms with Gasteiger partial charge in [-0.05, 0) is 36.4 Å². The molecule has 0 unspecified atom stereocenters. The minimum atomic E-state index is -3.77. The molecule has 11 heteroatoms. The lowest BCUT2D eigenvalue weighted by atomic mass is 10.2. The lowest BCUT2D eigenvalue weighted by Gasteiger charge is -2.26. The maximum Gasteiger partial charge on any atom is 0.328 e. The molecule has 1 fully saturated rings. The van der Waals surface area contributed by atoms with Crippen LogP contribution in [0.25, 0.3) is 11.0 Å². The SMILES string of the molecule is Cn1c(=O)n(C)c2cc(NC(=O)c3cc(S(=O)(=O)N4CCOCC4)ccc3Cl)ccc21. The Balaban J connectivity index is 1.64. The summed E-state index contributed by atoms with van der Waals surface area (Å²) < 4.78 is 35.3. The third-order valence-electron chi connectivity index (χ3n) is 5.32. The van der Waals surface area contributed by atoms with Crippen LogP contribution in [0.15, 0.2) is 46.1 Å². The number of aromatic nitrogens is 2. The summed E-state index contributed by atoms with van der Waals surface area (Å²) in [6, 6.07) is 9.13. The van der Waals surface area contributed by atoms with Crippen molar-refractivity contribution in [2.75, 3.05) is 31.6 Å². The molecule has 1 aromatic heterocycles. The van der Waals surface area contributed by atoms with Crippen molar-refractivity contribution in [2.24, 2.45) is 14.1 Å². The van der Waals surface area contributed by atoms with Crippen LogP contribution in [-0.4, -0.2) is 54.1 Å². The summed E-state index contributed by atoms with van der Waals surface area (Å²) in [4.78, 5) is 25.0. The number of halogens is 1. The Bertz CT molecular complexity index is 1340. The Kier molecular flexibility index (Phi) is 5.65. The number of carbonyl (C=O) groups is 1. The molecule has 164 valence electrons. The first-order valence-electron chi connectivity index (χ1n) is 9.54. The number of benzene rings is 2. The predicted octanol–water partition coefficient (Wildman–Crippen LogP) is 1.80. The summed E-state index contributed by atoms with van der Waals surface area (Å²) in [5.41, 5.74) is 1.69. The Morgan fingerprint density at radius 1 is 1.03 bits per heavy atom. The minimum absolute atomic E-state index is 0.00939. The van der Waals surface area contributed by atoms with E-state index >= 15 is 0 Å². The highest BCUT2D eigenvalue weighted by atomic mass is 35.5. The van der Waals surface area contributed by atoms with Crippen molar-refractivity contribution >= 4 is 44.3 Å². The van der Waals surface area contributed by atoms with E-state index in [1.807, 2.05) is 0 Å². The molecule has 31 heavy (non-hydrogen) atoms. The molecule has 0 aliphatic carbocycles. The quantitative estimate of drug-likeness (QED) is 0.634. The van der Waals surface area contributed by atoms with Gasteiger partial charge in [-0.25, -0.2) is 13.2 Å². The summed E-state index contributed by atoms with van der Waals surface area (Å²) >= 11 is 6.20. The standard InChI is InChI=1S/C20H21ClN4O5S/c1-23-17-6-3-13(11-18(17)24(2)20(23)27)22-19(26)15-12-14(4-5-16(15)21)31(28,29)25-7-9-30-10-8-25/h3-6,11-12H,7-10H2,1-2H3,(H,22,26). The normalized spacial score (nSPS) is 15.3. The van der Waals surface area contributed by atoms with Gasteiger partial charge in [-0.15, -0.1) is 0 Å². The summed E-state index contributed by atoms with van der Waals surface area (Å²) in [5, 5.41) is 2.86. The zero-order chi connectivity index (χ0) is 22.3. The molecule has 0 radical (unpaired) electrons. The second kappa shape index (κ2) is 8.12. The van der Waals surface area contributed by atoms with Crippen LogP contribution < -0.4 is 11.0 Å². The molecule has 4 rings (SSSR count). The Morgan fingerprint density at radius 3 is 2.42 bits per heavy atom. The van der Waals surface area contributed by atoms with Gasteiger partial charge >= 0.3 is 5.69 Å². The van der Waals surface area contributed by atoms with Crippen LogP contribution in [0.2, 0.25) is 5.02 Å². The van der Waals surface area contributed by atoms with Crippen molar-refractivity contribution in [2.45, 2.75) is 4.90 Å². The molecule has 2 aromatic carbocycles. The van der Waals surface area contributed by atoms with Crippen LogP contribution in [0.5, 0.6) is 0 Å². The molecule has 1 saturated heterocycles. The predicted molar refractivity (Wildman–Crippen MR) is 117 cm³/mol. The zero-order valence-corrected chi connectivity index (χ0v) is 18.5. The number of nitrogens with one attached hydrogen (secondary N) is 1. The fourth-order valence-electron chi connectivity index (χ4n) is 3.56. The van der Waals surface area contributed by atoms with E-state index < -0.39 is 15.9 Å². The first-order chi connectivity index (χ1) is 14.7. The number of morpholine rings is 1. The second-order valence-electron chi connectivity index (χ2n) is 7.22. The summed E-state index contributed by atoms with van der Waals surface area (Å²) in [6.45, 7) is 1.15. The molecule has 0 bridgehead atoms. The highest BCUT2D eigenvalue weighted by Crippen LogP contribution is 2.25. The lowest BCUT2D eigenvalue weighted by Crippen LogP contribution is -2.40. The molecule has 1 aliphatic heterocycles. The number of imidazole rings is 1. The summed E-state index contributed by atoms with van der Waals surface area (Å²) in [6.07, 6.45) is 0. The number of aryl methyl sites for hydroxylation is 2. The van der Waals surface area contributed by atoms with E-state index in [0.717, 1.165) is 5.52 Å². The molecule has 3 aromatic rings. The maximum atomic E-state index is 12.9. The zero-order valence-electron chi connectivity index (χ0n) is 17.0. The van der Waals surface area contributed by atoms with Gasteiger partial charge in [-0.2, -0.15) is 4.31 Å². The molecule has 1 aliphatic rings. The lowest BCUT2D eigenvalue weighted by molar-refractivity contribution is 0.0730. The monoisotopic (exact) mass is 464 g/mol. The number of nitrogens with zero attached hydrogens (tertiary/aromatic N) is 3. The fourth-order valence-corrected chi connectivity index (χ4v) is 5.20. The molecule has 9 nitrogen and oxygen atoms in total. The van der Waals surface area contributed by atoms with Crippen LogP contribution in [0.3, 0.4) is 0 Å². The van der Waals surface area contributed by atoms with Crippen molar-refractivity contribution in [1.82, 2.24) is 13.4 Å². The molecular formula is C20H21ClN4O5S. The van der Waals surface area contributed by atoms with Gasteiger partial charge in [-0.3, -0.25) is 13.9 Å². The van der Waals surface area contributed by atoms with Gasteiger partial charge in [0.25, 0.3) is 5.91 Å². The molecule has 0 saturated carbocycles. The van der Waals surface area contributed by atoms with Crippen LogP contribution >= 0.6 is 11.6 Å². The van der Waals surface area contributed by atoms with E-state index in [4.69, 9.17) is 16.3 Å². The Morgan fingerprint density at radius 2 is 1.71 bits per heavy atom. The molecule has 1 N–H and O–H groups in total. The third-order valence-corrected chi connectivity index (χ3v) is 7.54. The molecule has 0 spiro atoms. The van der Waals surface area contributed by atoms with Gasteiger partial charge in [0.2, 0.25) is 10.0 Å². The second-order valence-corrected chi connectivity index (χ2v) is 9.56. The first-order valence-corrected chi connectivity index (χ1v) is 11.4. The number of ether oxygens (including phenoxy) is 1. The van der Waals surface area contributed by atoms with Crippen molar-refractivity contribution in [3.05, 3.63) is 57.5 Å². The number of carbonyl (C=O) groups excluding carboxylic acids is 1. The number of rotatable bonds is 4. The van der Waals surface area contributed by atoms with Gasteiger partial charge in [0.1, 0.15) is 0 Å². The number of fused-ring (bicyclic) bond motifs is 1. The van der Waals surface area contributed by atoms with Gasteiger partial charge in [-0.1, -0.05) is 11.6 Å². The first kappa shape index (κ1) is 21.6. The average Bonchev–Trinajstić information content (AvgIpc) is 2.98. The minimum Gasteiger partial charge on any atom is -0.379 e. The van der Waals surface area contributed by atoms with E-state index in [1.165, 1.54) is 31.6 Å². The fraction of sp³-hybridized carbons (Fsp3) is 0.300. The maximum absolute atomic E-state index is 12.9. The molecular weight excluding hydrogens is 444 g/mol. The van der Waals surface area contributed by atoms with Gasteiger partial charge < -0.3 is 10.1 Å². The summed E-state index contributed by atoms with van der Waals surface area (Å²) in [7, 11) is -0.455. The van der Waals surface area contributed by atoms with Crippen molar-refractivity contribution < 1.29 is 17.9 Å². The van der Waals surface area contributed by atoms with Gasteiger partial charge in [0, 0.05) is 32.9 Å². The van der Waals surface area contributed by atoms with E-state index in [9.17, 15) is 18.0 Å². The molecule has 2 heterocycles. The van der Waals surface area contributed by atoms with Crippen molar-refractivity contribution in [3.63, 3.8) is 0 Å². The van der Waals surface area contributed by atoms with Crippen LogP contribution in [-0.2, 0) is 28.9 Å². The number of sulfonamides is 1. The van der Waals surface area contributed by atoms with Gasteiger partial charge in [0.15, 0.2) is 0 Å². The highest BCUT2D eigenvalue weighted by Gasteiger charge is 2.27. The largest absolute Gasteiger partial charge is 0.379 e. The number of anilines is 1. The van der Waals surface area contributed by atoms with E-state index in [0.29, 0.717) is 24.4 Å². The van der Waals surface area contributed by atoms with E-state index in [-0.39, 0.29) is 34.3 Å². The number of amides is 1.